The van der Waals surface area contributed by atoms with Gasteiger partial charge in [-0.25, -0.2) is 8.42 Å². The van der Waals surface area contributed by atoms with Crippen LogP contribution in [0, 0.1) is 6.92 Å². The minimum Gasteiger partial charge on any atom is -0.348 e. The maximum Gasteiger partial charge on any atom is 0.251 e. The van der Waals surface area contributed by atoms with E-state index in [0.717, 1.165) is 43.4 Å². The molecule has 0 bridgehead atoms. The Bertz CT molecular complexity index is 1050. The number of aryl methyl sites for hydroxylation is 1. The summed E-state index contributed by atoms with van der Waals surface area (Å²) in [6, 6.07) is 13.2. The van der Waals surface area contributed by atoms with Crippen LogP contribution in [0.15, 0.2) is 47.4 Å². The molecule has 0 atom stereocenters. The predicted octanol–water partition coefficient (Wildman–Crippen LogP) is 4.09. The number of hydrogen-bond donors (Lipinski definition) is 1. The summed E-state index contributed by atoms with van der Waals surface area (Å²) in [6.07, 6.45) is 6.46. The van der Waals surface area contributed by atoms with Gasteiger partial charge in [-0.1, -0.05) is 43.2 Å². The molecule has 178 valence electrons. The molecule has 0 saturated carbocycles. The maximum atomic E-state index is 13.2. The number of nitrogens with one attached hydrogen (secondary N) is 1. The van der Waals surface area contributed by atoms with E-state index in [0.29, 0.717) is 25.2 Å². The molecule has 0 radical (unpaired) electrons. The normalized spacial score (nSPS) is 18.2. The Kier molecular flexibility index (Phi) is 7.83. The molecule has 0 unspecified atom stereocenters. The number of carbonyl (C=O) groups is 1. The van der Waals surface area contributed by atoms with E-state index in [1.807, 2.05) is 6.92 Å². The van der Waals surface area contributed by atoms with E-state index in [-0.39, 0.29) is 10.8 Å². The first-order valence-corrected chi connectivity index (χ1v) is 13.6. The first kappa shape index (κ1) is 23.9. The molecule has 2 aromatic carbocycles. The van der Waals surface area contributed by atoms with Crippen LogP contribution in [0.3, 0.4) is 0 Å². The largest absolute Gasteiger partial charge is 0.348 e. The van der Waals surface area contributed by atoms with E-state index >= 15 is 0 Å². The number of benzene rings is 2. The fourth-order valence-corrected chi connectivity index (χ4v) is 6.22. The standard InChI is InChI=1S/C26H35N3O3S/c1-21-8-13-24(33(31,32)29-16-4-2-3-5-17-29)18-25(21)26(30)27-19-22-9-11-23(12-10-22)20-28-14-6-7-15-28/h8-13,18H,2-7,14-17,19-20H2,1H3,(H,27,30). The van der Waals surface area contributed by atoms with Crippen molar-refractivity contribution in [1.82, 2.24) is 14.5 Å². The summed E-state index contributed by atoms with van der Waals surface area (Å²) in [4.78, 5) is 15.6. The van der Waals surface area contributed by atoms with Crippen molar-refractivity contribution in [3.8, 4) is 0 Å². The monoisotopic (exact) mass is 469 g/mol. The molecule has 1 N–H and O–H groups in total. The van der Waals surface area contributed by atoms with Gasteiger partial charge in [0, 0.05) is 31.7 Å². The Morgan fingerprint density at radius 2 is 1.45 bits per heavy atom. The minimum absolute atomic E-state index is 0.200. The number of sulfonamides is 1. The van der Waals surface area contributed by atoms with Crippen LogP contribution in [-0.4, -0.2) is 49.7 Å². The third-order valence-electron chi connectivity index (χ3n) is 6.74. The van der Waals surface area contributed by atoms with Crippen LogP contribution in [0.5, 0.6) is 0 Å². The van der Waals surface area contributed by atoms with E-state index in [1.165, 1.54) is 37.6 Å². The van der Waals surface area contributed by atoms with Crippen molar-refractivity contribution in [2.45, 2.75) is 63.4 Å². The molecule has 0 aliphatic carbocycles. The van der Waals surface area contributed by atoms with Gasteiger partial charge in [0.2, 0.25) is 10.0 Å². The number of nitrogens with zero attached hydrogens (tertiary/aromatic N) is 2. The summed E-state index contributed by atoms with van der Waals surface area (Å²) in [5, 5.41) is 2.96. The van der Waals surface area contributed by atoms with Crippen molar-refractivity contribution >= 4 is 15.9 Å². The molecular formula is C26H35N3O3S. The molecule has 4 rings (SSSR count). The molecule has 2 fully saturated rings. The number of likely N-dealkylation sites (tertiary alicyclic amines) is 1. The van der Waals surface area contributed by atoms with Crippen molar-refractivity contribution in [1.29, 1.82) is 0 Å². The van der Waals surface area contributed by atoms with Gasteiger partial charge in [-0.05, 0) is 74.5 Å². The van der Waals surface area contributed by atoms with Gasteiger partial charge in [-0.15, -0.1) is 0 Å². The SMILES string of the molecule is Cc1ccc(S(=O)(=O)N2CCCCCC2)cc1C(=O)NCc1ccc(CN2CCCC2)cc1. The van der Waals surface area contributed by atoms with Gasteiger partial charge in [-0.3, -0.25) is 9.69 Å². The summed E-state index contributed by atoms with van der Waals surface area (Å²) in [5.74, 6) is -0.249. The van der Waals surface area contributed by atoms with Crippen LogP contribution in [0.2, 0.25) is 0 Å². The van der Waals surface area contributed by atoms with Crippen molar-refractivity contribution in [3.05, 3.63) is 64.7 Å². The lowest BCUT2D eigenvalue weighted by Crippen LogP contribution is -2.32. The fourth-order valence-electron chi connectivity index (χ4n) is 4.68. The Morgan fingerprint density at radius 3 is 2.12 bits per heavy atom. The second-order valence-electron chi connectivity index (χ2n) is 9.28. The van der Waals surface area contributed by atoms with Crippen LogP contribution in [0.25, 0.3) is 0 Å². The van der Waals surface area contributed by atoms with E-state index in [9.17, 15) is 13.2 Å². The first-order chi connectivity index (χ1) is 15.9. The van der Waals surface area contributed by atoms with Crippen molar-refractivity contribution in [2.24, 2.45) is 0 Å². The molecule has 2 aliphatic rings. The van der Waals surface area contributed by atoms with E-state index in [4.69, 9.17) is 0 Å². The average Bonchev–Trinajstić information content (AvgIpc) is 3.16. The van der Waals surface area contributed by atoms with E-state index in [2.05, 4.69) is 34.5 Å². The van der Waals surface area contributed by atoms with Gasteiger partial charge in [0.25, 0.3) is 5.91 Å². The van der Waals surface area contributed by atoms with Crippen LogP contribution < -0.4 is 5.32 Å². The molecule has 7 heteroatoms. The zero-order valence-electron chi connectivity index (χ0n) is 19.6. The number of carbonyl (C=O) groups excluding carboxylic acids is 1. The van der Waals surface area contributed by atoms with Gasteiger partial charge in [0.05, 0.1) is 4.90 Å². The van der Waals surface area contributed by atoms with Gasteiger partial charge in [0.1, 0.15) is 0 Å². The second-order valence-corrected chi connectivity index (χ2v) is 11.2. The lowest BCUT2D eigenvalue weighted by Gasteiger charge is -2.20. The van der Waals surface area contributed by atoms with Crippen LogP contribution >= 0.6 is 0 Å². The molecule has 2 heterocycles. The lowest BCUT2D eigenvalue weighted by molar-refractivity contribution is 0.0950. The molecule has 2 saturated heterocycles. The summed E-state index contributed by atoms with van der Waals surface area (Å²) >= 11 is 0. The molecule has 2 aliphatic heterocycles. The van der Waals surface area contributed by atoms with Crippen LogP contribution in [0.1, 0.15) is 65.6 Å². The molecule has 2 aromatic rings. The highest BCUT2D eigenvalue weighted by molar-refractivity contribution is 7.89. The highest BCUT2D eigenvalue weighted by atomic mass is 32.2. The van der Waals surface area contributed by atoms with E-state index < -0.39 is 10.0 Å². The predicted molar refractivity (Wildman–Crippen MR) is 131 cm³/mol. The zero-order chi connectivity index (χ0) is 23.3. The molecule has 0 spiro atoms. The Hall–Kier alpha value is -2.22. The van der Waals surface area contributed by atoms with Crippen molar-refractivity contribution in [2.75, 3.05) is 26.2 Å². The molecule has 1 amide bonds. The second kappa shape index (κ2) is 10.8. The molecular weight excluding hydrogens is 434 g/mol. The van der Waals surface area contributed by atoms with Crippen molar-refractivity contribution in [3.63, 3.8) is 0 Å². The number of hydrogen-bond acceptors (Lipinski definition) is 4. The summed E-state index contributed by atoms with van der Waals surface area (Å²) in [5.41, 5.74) is 3.49. The summed E-state index contributed by atoms with van der Waals surface area (Å²) in [6.45, 7) is 6.66. The number of amides is 1. The highest BCUT2D eigenvalue weighted by Gasteiger charge is 2.26. The summed E-state index contributed by atoms with van der Waals surface area (Å²) < 4.78 is 27.9. The van der Waals surface area contributed by atoms with Gasteiger partial charge >= 0.3 is 0 Å². The van der Waals surface area contributed by atoms with E-state index in [1.54, 1.807) is 16.4 Å². The van der Waals surface area contributed by atoms with Gasteiger partial charge in [-0.2, -0.15) is 4.31 Å². The third kappa shape index (κ3) is 6.02. The fraction of sp³-hybridized carbons (Fsp3) is 0.500. The maximum absolute atomic E-state index is 13.2. The number of rotatable bonds is 7. The quantitative estimate of drug-likeness (QED) is 0.663. The summed E-state index contributed by atoms with van der Waals surface area (Å²) in [7, 11) is -3.59. The van der Waals surface area contributed by atoms with Gasteiger partial charge in [0.15, 0.2) is 0 Å². The minimum atomic E-state index is -3.59. The first-order valence-electron chi connectivity index (χ1n) is 12.1. The highest BCUT2D eigenvalue weighted by Crippen LogP contribution is 2.23. The van der Waals surface area contributed by atoms with Crippen LogP contribution in [-0.2, 0) is 23.1 Å². The molecule has 0 aromatic heterocycles. The average molecular weight is 470 g/mol. The Morgan fingerprint density at radius 1 is 0.848 bits per heavy atom. The molecule has 33 heavy (non-hydrogen) atoms. The Labute approximate surface area is 198 Å². The zero-order valence-corrected chi connectivity index (χ0v) is 20.4. The smallest absolute Gasteiger partial charge is 0.251 e. The van der Waals surface area contributed by atoms with Crippen molar-refractivity contribution < 1.29 is 13.2 Å². The van der Waals surface area contributed by atoms with Crippen LogP contribution in [0.4, 0.5) is 0 Å². The topological polar surface area (TPSA) is 69.7 Å². The van der Waals surface area contributed by atoms with Gasteiger partial charge < -0.3 is 5.32 Å². The Balaban J connectivity index is 1.40. The molecule has 6 nitrogen and oxygen atoms in total. The third-order valence-corrected chi connectivity index (χ3v) is 8.63. The lowest BCUT2D eigenvalue weighted by atomic mass is 10.1.